The Morgan fingerprint density at radius 1 is 1.14 bits per heavy atom. The molecule has 2 aliphatic rings. The van der Waals surface area contributed by atoms with Crippen molar-refractivity contribution in [2.45, 2.75) is 45.1 Å². The smallest absolute Gasteiger partial charge is 0.259 e. The van der Waals surface area contributed by atoms with Crippen molar-refractivity contribution in [1.29, 1.82) is 0 Å². The van der Waals surface area contributed by atoms with Gasteiger partial charge in [0.05, 0.1) is 17.3 Å². The second kappa shape index (κ2) is 7.66. The number of anilines is 1. The number of halogens is 1. The number of likely N-dealkylation sites (tertiary alicyclic amines) is 1. The van der Waals surface area contributed by atoms with Crippen molar-refractivity contribution in [3.63, 3.8) is 0 Å². The van der Waals surface area contributed by atoms with Crippen LogP contribution in [0.5, 0.6) is 0 Å². The lowest BCUT2D eigenvalue weighted by Crippen LogP contribution is -2.39. The first-order valence-corrected chi connectivity index (χ1v) is 9.74. The summed E-state index contributed by atoms with van der Waals surface area (Å²) < 4.78 is 13.0. The molecule has 4 rings (SSSR count). The molecule has 1 aromatic heterocycles. The van der Waals surface area contributed by atoms with Gasteiger partial charge in [0.2, 0.25) is 5.91 Å². The first kappa shape index (κ1) is 18.5. The summed E-state index contributed by atoms with van der Waals surface area (Å²) in [5.74, 6) is 0.264. The van der Waals surface area contributed by atoms with E-state index in [4.69, 9.17) is 0 Å². The molecule has 0 unspecified atom stereocenters. The van der Waals surface area contributed by atoms with Gasteiger partial charge in [0.1, 0.15) is 5.82 Å². The zero-order valence-electron chi connectivity index (χ0n) is 15.8. The zero-order valence-corrected chi connectivity index (χ0v) is 15.8. The average molecular weight is 382 g/mol. The predicted octanol–water partition coefficient (Wildman–Crippen LogP) is 3.64. The Bertz CT molecular complexity index is 896. The third kappa shape index (κ3) is 3.61. The molecule has 0 radical (unpaired) electrons. The molecule has 2 heterocycles. The molecule has 6 nitrogen and oxygen atoms in total. The number of nitrogens with one attached hydrogen (secondary N) is 1. The molecule has 2 aromatic rings. The van der Waals surface area contributed by atoms with Crippen molar-refractivity contribution >= 4 is 17.5 Å². The molecule has 2 fully saturated rings. The summed E-state index contributed by atoms with van der Waals surface area (Å²) in [5, 5.41) is 2.72. The fourth-order valence-electron chi connectivity index (χ4n) is 3.79. The van der Waals surface area contributed by atoms with Crippen LogP contribution in [0.1, 0.15) is 60.0 Å². The van der Waals surface area contributed by atoms with Gasteiger partial charge < -0.3 is 10.2 Å². The van der Waals surface area contributed by atoms with E-state index in [0.29, 0.717) is 22.8 Å². The van der Waals surface area contributed by atoms with Gasteiger partial charge in [-0.15, -0.1) is 0 Å². The molecule has 0 spiro atoms. The molecule has 1 aliphatic heterocycles. The molecular weight excluding hydrogens is 359 g/mol. The molecule has 1 aromatic carbocycles. The van der Waals surface area contributed by atoms with E-state index in [2.05, 4.69) is 15.3 Å². The summed E-state index contributed by atoms with van der Waals surface area (Å²) in [7, 11) is 0. The molecule has 1 saturated carbocycles. The standard InChI is InChI=1S/C21H23FN4O2/c1-13-17(20(27)25-16-9-7-15(22)8-10-16)12-23-19(24-13)18-6-3-11-26(18)21(28)14-4-2-5-14/h7-10,12,14,18H,2-6,11H2,1H3,(H,25,27)/t18-/m1/s1. The Morgan fingerprint density at radius 2 is 1.89 bits per heavy atom. The summed E-state index contributed by atoms with van der Waals surface area (Å²) >= 11 is 0. The largest absolute Gasteiger partial charge is 0.332 e. The first-order chi connectivity index (χ1) is 13.5. The highest BCUT2D eigenvalue weighted by atomic mass is 19.1. The van der Waals surface area contributed by atoms with Gasteiger partial charge in [-0.25, -0.2) is 14.4 Å². The van der Waals surface area contributed by atoms with Gasteiger partial charge in [0, 0.05) is 24.3 Å². The van der Waals surface area contributed by atoms with Gasteiger partial charge in [-0.05, 0) is 56.9 Å². The SMILES string of the molecule is Cc1nc([C@H]2CCCN2C(=O)C2CCC2)ncc1C(=O)Nc1ccc(F)cc1. The van der Waals surface area contributed by atoms with E-state index in [1.807, 2.05) is 4.90 Å². The zero-order chi connectivity index (χ0) is 19.7. The Hall–Kier alpha value is -2.83. The Morgan fingerprint density at radius 3 is 2.54 bits per heavy atom. The maximum atomic E-state index is 13.0. The van der Waals surface area contributed by atoms with E-state index in [0.717, 1.165) is 38.6 Å². The number of aromatic nitrogens is 2. The summed E-state index contributed by atoms with van der Waals surface area (Å²) in [4.78, 5) is 36.1. The van der Waals surface area contributed by atoms with E-state index < -0.39 is 0 Å². The van der Waals surface area contributed by atoms with Gasteiger partial charge >= 0.3 is 0 Å². The Labute approximate surface area is 163 Å². The number of nitrogens with zero attached hydrogens (tertiary/aromatic N) is 3. The van der Waals surface area contributed by atoms with Crippen molar-refractivity contribution < 1.29 is 14.0 Å². The number of carbonyl (C=O) groups excluding carboxylic acids is 2. The van der Waals surface area contributed by atoms with E-state index in [1.54, 1.807) is 6.92 Å². The van der Waals surface area contributed by atoms with Gasteiger partial charge in [-0.1, -0.05) is 6.42 Å². The molecule has 28 heavy (non-hydrogen) atoms. The lowest BCUT2D eigenvalue weighted by molar-refractivity contribution is -0.139. The van der Waals surface area contributed by atoms with Crippen LogP contribution in [0.2, 0.25) is 0 Å². The fourth-order valence-corrected chi connectivity index (χ4v) is 3.79. The van der Waals surface area contributed by atoms with E-state index >= 15 is 0 Å². The van der Waals surface area contributed by atoms with Crippen LogP contribution in [-0.2, 0) is 4.79 Å². The lowest BCUT2D eigenvalue weighted by Gasteiger charge is -2.32. The highest BCUT2D eigenvalue weighted by Crippen LogP contribution is 2.36. The lowest BCUT2D eigenvalue weighted by atomic mass is 9.84. The van der Waals surface area contributed by atoms with Gasteiger partial charge in [0.25, 0.3) is 5.91 Å². The molecule has 7 heteroatoms. The number of carbonyl (C=O) groups is 2. The predicted molar refractivity (Wildman–Crippen MR) is 102 cm³/mol. The van der Waals surface area contributed by atoms with Crippen molar-refractivity contribution in [3.05, 3.63) is 53.4 Å². The summed E-state index contributed by atoms with van der Waals surface area (Å²) in [6.07, 6.45) is 6.38. The average Bonchev–Trinajstić information content (AvgIpc) is 3.12. The number of hydrogen-bond acceptors (Lipinski definition) is 4. The van der Waals surface area contributed by atoms with Crippen molar-refractivity contribution in [2.24, 2.45) is 5.92 Å². The summed E-state index contributed by atoms with van der Waals surface area (Å²) in [6.45, 7) is 2.51. The first-order valence-electron chi connectivity index (χ1n) is 9.74. The van der Waals surface area contributed by atoms with Crippen LogP contribution in [0.15, 0.2) is 30.5 Å². The normalized spacial score (nSPS) is 19.4. The maximum Gasteiger partial charge on any atom is 0.259 e. The van der Waals surface area contributed by atoms with Crippen molar-refractivity contribution in [1.82, 2.24) is 14.9 Å². The van der Waals surface area contributed by atoms with E-state index in [-0.39, 0.29) is 29.6 Å². The van der Waals surface area contributed by atoms with Crippen LogP contribution in [0.25, 0.3) is 0 Å². The Kier molecular flexibility index (Phi) is 5.07. The van der Waals surface area contributed by atoms with Crippen LogP contribution in [0.4, 0.5) is 10.1 Å². The van der Waals surface area contributed by atoms with Gasteiger partial charge in [0.15, 0.2) is 5.82 Å². The number of amides is 2. The third-order valence-corrected chi connectivity index (χ3v) is 5.63. The fraction of sp³-hybridized carbons (Fsp3) is 0.429. The Balaban J connectivity index is 1.49. The van der Waals surface area contributed by atoms with Crippen molar-refractivity contribution in [3.8, 4) is 0 Å². The monoisotopic (exact) mass is 382 g/mol. The van der Waals surface area contributed by atoms with Crippen LogP contribution < -0.4 is 5.32 Å². The third-order valence-electron chi connectivity index (χ3n) is 5.63. The molecular formula is C21H23FN4O2. The number of benzene rings is 1. The van der Waals surface area contributed by atoms with Crippen molar-refractivity contribution in [2.75, 3.05) is 11.9 Å². The van der Waals surface area contributed by atoms with Crippen LogP contribution in [0, 0.1) is 18.7 Å². The number of rotatable bonds is 4. The second-order valence-electron chi connectivity index (χ2n) is 7.51. The quantitative estimate of drug-likeness (QED) is 0.876. The minimum Gasteiger partial charge on any atom is -0.332 e. The van der Waals surface area contributed by atoms with Gasteiger partial charge in [-0.2, -0.15) is 0 Å². The van der Waals surface area contributed by atoms with Gasteiger partial charge in [-0.3, -0.25) is 9.59 Å². The van der Waals surface area contributed by atoms with Crippen LogP contribution >= 0.6 is 0 Å². The van der Waals surface area contributed by atoms with E-state index in [1.165, 1.54) is 30.5 Å². The number of hydrogen-bond donors (Lipinski definition) is 1. The molecule has 1 atom stereocenters. The second-order valence-corrected chi connectivity index (χ2v) is 7.51. The van der Waals surface area contributed by atoms with Crippen LogP contribution in [-0.4, -0.2) is 33.2 Å². The summed E-state index contributed by atoms with van der Waals surface area (Å²) in [5.41, 5.74) is 1.43. The van der Waals surface area contributed by atoms with E-state index in [9.17, 15) is 14.0 Å². The number of aryl methyl sites for hydroxylation is 1. The minimum atomic E-state index is -0.362. The molecule has 0 bridgehead atoms. The molecule has 2 amide bonds. The topological polar surface area (TPSA) is 75.2 Å². The molecule has 1 N–H and O–H groups in total. The minimum absolute atomic E-state index is 0.110. The molecule has 146 valence electrons. The molecule has 1 aliphatic carbocycles. The highest BCUT2D eigenvalue weighted by molar-refractivity contribution is 6.04. The maximum absolute atomic E-state index is 13.0. The molecule has 1 saturated heterocycles. The highest BCUT2D eigenvalue weighted by Gasteiger charge is 2.37. The summed E-state index contributed by atoms with van der Waals surface area (Å²) in [6, 6.07) is 5.47. The van der Waals surface area contributed by atoms with Crippen LogP contribution in [0.3, 0.4) is 0 Å².